The van der Waals surface area contributed by atoms with Gasteiger partial charge in [-0.25, -0.2) is 0 Å². The number of nitrogens with zero attached hydrogens (tertiary/aromatic N) is 3. The molecule has 1 heterocycles. The number of benzene rings is 1. The van der Waals surface area contributed by atoms with Gasteiger partial charge in [0.05, 0.1) is 29.1 Å². The quantitative estimate of drug-likeness (QED) is 0.685. The van der Waals surface area contributed by atoms with E-state index in [1.54, 1.807) is 19.9 Å². The molecule has 0 radical (unpaired) electrons. The summed E-state index contributed by atoms with van der Waals surface area (Å²) in [5.74, 6) is -0.590. The van der Waals surface area contributed by atoms with Crippen LogP contribution in [0.25, 0.3) is 0 Å². The molecular weight excluding hydrogens is 288 g/mol. The fourth-order valence-electron chi connectivity index (χ4n) is 1.96. The second-order valence-corrected chi connectivity index (χ2v) is 4.48. The summed E-state index contributed by atoms with van der Waals surface area (Å²) < 4.78 is 4.95. The van der Waals surface area contributed by atoms with Crippen molar-refractivity contribution in [2.75, 3.05) is 12.4 Å². The third kappa shape index (κ3) is 3.00. The average Bonchev–Trinajstić information content (AvgIpc) is 2.50. The number of ether oxygens (including phenoxy) is 1. The Morgan fingerprint density at radius 1 is 1.23 bits per heavy atom. The lowest BCUT2D eigenvalue weighted by Crippen LogP contribution is -2.16. The lowest BCUT2D eigenvalue weighted by Gasteiger charge is -2.11. The molecule has 0 saturated carbocycles. The molecule has 0 saturated heterocycles. The molecule has 1 aromatic heterocycles. The molecule has 0 aliphatic rings. The van der Waals surface area contributed by atoms with Gasteiger partial charge in [-0.05, 0) is 19.9 Å². The van der Waals surface area contributed by atoms with E-state index in [0.29, 0.717) is 17.1 Å². The Hall–Kier alpha value is -3.03. The second-order valence-electron chi connectivity index (χ2n) is 4.48. The van der Waals surface area contributed by atoms with Crippen LogP contribution in [0.5, 0.6) is 6.01 Å². The van der Waals surface area contributed by atoms with Crippen molar-refractivity contribution in [2.45, 2.75) is 13.8 Å². The molecule has 1 N–H and O–H groups in total. The van der Waals surface area contributed by atoms with Crippen molar-refractivity contribution in [3.63, 3.8) is 0 Å². The normalized spacial score (nSPS) is 10.1. The van der Waals surface area contributed by atoms with Gasteiger partial charge in [0.2, 0.25) is 0 Å². The summed E-state index contributed by atoms with van der Waals surface area (Å²) in [4.78, 5) is 30.8. The van der Waals surface area contributed by atoms with Crippen molar-refractivity contribution in [2.24, 2.45) is 0 Å². The average molecular weight is 302 g/mol. The monoisotopic (exact) mass is 302 g/mol. The van der Waals surface area contributed by atoms with Crippen LogP contribution in [0.1, 0.15) is 21.7 Å². The zero-order chi connectivity index (χ0) is 16.3. The van der Waals surface area contributed by atoms with Crippen LogP contribution in [0.4, 0.5) is 11.4 Å². The minimum Gasteiger partial charge on any atom is -0.467 e. The lowest BCUT2D eigenvalue weighted by atomic mass is 10.1. The maximum Gasteiger partial charge on any atom is 0.316 e. The van der Waals surface area contributed by atoms with Gasteiger partial charge in [-0.3, -0.25) is 14.9 Å². The van der Waals surface area contributed by atoms with Crippen molar-refractivity contribution in [1.29, 1.82) is 0 Å². The Bertz CT molecular complexity index is 722. The maximum atomic E-state index is 12.3. The van der Waals surface area contributed by atoms with Gasteiger partial charge in [0.15, 0.2) is 0 Å². The number of aromatic nitrogens is 2. The summed E-state index contributed by atoms with van der Waals surface area (Å²) in [5, 5.41) is 13.6. The van der Waals surface area contributed by atoms with Gasteiger partial charge in [0, 0.05) is 6.07 Å². The Kier molecular flexibility index (Phi) is 4.31. The van der Waals surface area contributed by atoms with Crippen LogP contribution in [-0.2, 0) is 0 Å². The summed E-state index contributed by atoms with van der Waals surface area (Å²) >= 11 is 0. The molecule has 0 aliphatic carbocycles. The number of carbonyl (C=O) groups is 1. The molecule has 1 amide bonds. The van der Waals surface area contributed by atoms with Crippen LogP contribution in [0.15, 0.2) is 24.3 Å². The first-order valence-corrected chi connectivity index (χ1v) is 6.38. The number of carbonyl (C=O) groups excluding carboxylic acids is 1. The van der Waals surface area contributed by atoms with E-state index in [1.807, 2.05) is 0 Å². The van der Waals surface area contributed by atoms with Gasteiger partial charge >= 0.3 is 6.01 Å². The Labute approximate surface area is 126 Å². The molecule has 0 unspecified atom stereocenters. The number of rotatable bonds is 4. The highest BCUT2D eigenvalue weighted by atomic mass is 16.6. The minimum absolute atomic E-state index is 0.0258. The van der Waals surface area contributed by atoms with E-state index in [9.17, 15) is 14.9 Å². The molecule has 0 atom stereocenters. The van der Waals surface area contributed by atoms with Gasteiger partial charge in [-0.15, -0.1) is 0 Å². The van der Waals surface area contributed by atoms with Crippen LogP contribution in [0.3, 0.4) is 0 Å². The zero-order valence-electron chi connectivity index (χ0n) is 12.3. The van der Waals surface area contributed by atoms with Crippen molar-refractivity contribution in [3.8, 4) is 6.01 Å². The summed E-state index contributed by atoms with van der Waals surface area (Å²) in [7, 11) is 1.44. The lowest BCUT2D eigenvalue weighted by molar-refractivity contribution is -0.385. The Morgan fingerprint density at radius 3 is 2.36 bits per heavy atom. The van der Waals surface area contributed by atoms with Gasteiger partial charge in [-0.1, -0.05) is 12.1 Å². The number of amides is 1. The highest BCUT2D eigenvalue weighted by Gasteiger charge is 2.21. The predicted molar refractivity (Wildman–Crippen MR) is 79.1 cm³/mol. The smallest absolute Gasteiger partial charge is 0.316 e. The fraction of sp³-hybridized carbons (Fsp3) is 0.214. The number of hydrogen-bond donors (Lipinski definition) is 1. The molecule has 2 aromatic rings. The molecule has 2 rings (SSSR count). The number of methoxy groups -OCH3 is 1. The Morgan fingerprint density at radius 2 is 1.82 bits per heavy atom. The molecule has 0 bridgehead atoms. The highest BCUT2D eigenvalue weighted by molar-refractivity contribution is 6.07. The Balaban J connectivity index is 2.36. The standard InChI is InChI=1S/C14H14N4O4/c1-8-12(9(2)16-14(15-8)22-3)17-13(19)10-6-4-5-7-11(10)18(20)21/h4-7H,1-3H3,(H,17,19). The maximum absolute atomic E-state index is 12.3. The summed E-state index contributed by atoms with van der Waals surface area (Å²) in [5.41, 5.74) is 1.14. The number of aryl methyl sites for hydroxylation is 2. The molecule has 0 aliphatic heterocycles. The van der Waals surface area contributed by atoms with E-state index in [0.717, 1.165) is 0 Å². The topological polar surface area (TPSA) is 107 Å². The fourth-order valence-corrected chi connectivity index (χ4v) is 1.96. The van der Waals surface area contributed by atoms with E-state index in [-0.39, 0.29) is 17.3 Å². The number of nitrogens with one attached hydrogen (secondary N) is 1. The van der Waals surface area contributed by atoms with E-state index in [2.05, 4.69) is 15.3 Å². The molecule has 8 nitrogen and oxygen atoms in total. The van der Waals surface area contributed by atoms with E-state index in [4.69, 9.17) is 4.74 Å². The SMILES string of the molecule is COc1nc(C)c(NC(=O)c2ccccc2[N+](=O)[O-])c(C)n1. The van der Waals surface area contributed by atoms with Gasteiger partial charge < -0.3 is 10.1 Å². The first kappa shape index (κ1) is 15.4. The zero-order valence-corrected chi connectivity index (χ0v) is 12.3. The molecule has 8 heteroatoms. The number of nitro benzene ring substituents is 1. The molecule has 0 spiro atoms. The second kappa shape index (κ2) is 6.17. The van der Waals surface area contributed by atoms with E-state index >= 15 is 0 Å². The van der Waals surface area contributed by atoms with E-state index < -0.39 is 10.8 Å². The number of anilines is 1. The van der Waals surface area contributed by atoms with Gasteiger partial charge in [0.25, 0.3) is 11.6 Å². The van der Waals surface area contributed by atoms with Crippen LogP contribution < -0.4 is 10.1 Å². The molecular formula is C14H14N4O4. The molecule has 114 valence electrons. The third-order valence-electron chi connectivity index (χ3n) is 3.02. The van der Waals surface area contributed by atoms with Gasteiger partial charge in [0.1, 0.15) is 5.56 Å². The first-order valence-electron chi connectivity index (χ1n) is 6.38. The summed E-state index contributed by atoms with van der Waals surface area (Å²) in [6.45, 7) is 3.37. The van der Waals surface area contributed by atoms with Gasteiger partial charge in [-0.2, -0.15) is 9.97 Å². The van der Waals surface area contributed by atoms with Crippen molar-refractivity contribution < 1.29 is 14.5 Å². The third-order valence-corrected chi connectivity index (χ3v) is 3.02. The first-order chi connectivity index (χ1) is 10.4. The van der Waals surface area contributed by atoms with Crippen molar-refractivity contribution >= 4 is 17.3 Å². The highest BCUT2D eigenvalue weighted by Crippen LogP contribution is 2.23. The molecule has 1 aromatic carbocycles. The van der Waals surface area contributed by atoms with Crippen molar-refractivity contribution in [3.05, 3.63) is 51.3 Å². The van der Waals surface area contributed by atoms with Crippen LogP contribution in [-0.4, -0.2) is 27.9 Å². The number of hydrogen-bond acceptors (Lipinski definition) is 6. The number of para-hydroxylation sites is 1. The summed E-state index contributed by atoms with van der Waals surface area (Å²) in [6, 6.07) is 5.93. The van der Waals surface area contributed by atoms with E-state index in [1.165, 1.54) is 25.3 Å². The largest absolute Gasteiger partial charge is 0.467 e. The molecule has 22 heavy (non-hydrogen) atoms. The predicted octanol–water partition coefficient (Wildman–Crippen LogP) is 2.26. The van der Waals surface area contributed by atoms with Crippen LogP contribution in [0, 0.1) is 24.0 Å². The van der Waals surface area contributed by atoms with Crippen molar-refractivity contribution in [1.82, 2.24) is 9.97 Å². The minimum atomic E-state index is -0.598. The van der Waals surface area contributed by atoms with Crippen LogP contribution in [0.2, 0.25) is 0 Å². The summed E-state index contributed by atoms with van der Waals surface area (Å²) in [6.07, 6.45) is 0. The molecule has 0 fully saturated rings. The number of nitro groups is 1. The van der Waals surface area contributed by atoms with Crippen LogP contribution >= 0.6 is 0 Å².